The standard InChI is InChI=1S/C7H3F6NS/c8-6(9,10)3-1-14-2-4(5(3)15)7(11,12)13/h1-3H. The fraction of sp³-hybridized carbons (Fsp3) is 0.429. The first-order valence-corrected chi connectivity index (χ1v) is 3.96. The molecule has 1 atom stereocenters. The van der Waals surface area contributed by atoms with Gasteiger partial charge in [0.1, 0.15) is 5.92 Å². The Morgan fingerprint density at radius 1 is 1.13 bits per heavy atom. The molecule has 0 aromatic carbocycles. The van der Waals surface area contributed by atoms with Crippen LogP contribution in [0.5, 0.6) is 0 Å². The maximum atomic E-state index is 12.2. The lowest BCUT2D eigenvalue weighted by Crippen LogP contribution is -2.37. The number of rotatable bonds is 0. The van der Waals surface area contributed by atoms with Gasteiger partial charge in [-0.3, -0.25) is 4.99 Å². The Morgan fingerprint density at radius 2 is 1.67 bits per heavy atom. The zero-order valence-electron chi connectivity index (χ0n) is 6.86. The highest BCUT2D eigenvalue weighted by Crippen LogP contribution is 2.36. The van der Waals surface area contributed by atoms with E-state index in [9.17, 15) is 26.3 Å². The number of allylic oxidation sites excluding steroid dienone is 1. The van der Waals surface area contributed by atoms with Crippen LogP contribution in [-0.4, -0.2) is 23.4 Å². The Bertz CT molecular complexity index is 336. The smallest absolute Gasteiger partial charge is 0.267 e. The van der Waals surface area contributed by atoms with Crippen LogP contribution in [0.25, 0.3) is 0 Å². The summed E-state index contributed by atoms with van der Waals surface area (Å²) in [6.07, 6.45) is -9.09. The molecule has 84 valence electrons. The van der Waals surface area contributed by atoms with Gasteiger partial charge in [-0.05, 0) is 0 Å². The third kappa shape index (κ3) is 2.55. The molecule has 1 heterocycles. The summed E-state index contributed by atoms with van der Waals surface area (Å²) < 4.78 is 73.0. The second-order valence-corrected chi connectivity index (χ2v) is 3.16. The van der Waals surface area contributed by atoms with Crippen molar-refractivity contribution in [3.05, 3.63) is 11.8 Å². The summed E-state index contributed by atoms with van der Waals surface area (Å²) in [5.74, 6) is -2.44. The maximum Gasteiger partial charge on any atom is 0.418 e. The van der Waals surface area contributed by atoms with Gasteiger partial charge in [-0.25, -0.2) is 0 Å². The molecule has 0 aromatic heterocycles. The van der Waals surface area contributed by atoms with Crippen LogP contribution in [-0.2, 0) is 0 Å². The lowest BCUT2D eigenvalue weighted by Gasteiger charge is -2.22. The molecule has 0 spiro atoms. The lowest BCUT2D eigenvalue weighted by atomic mass is 9.98. The van der Waals surface area contributed by atoms with E-state index in [2.05, 4.69) is 17.2 Å². The number of thiocarbonyl (C=S) groups is 1. The number of hydrogen-bond donors (Lipinski definition) is 0. The van der Waals surface area contributed by atoms with E-state index in [1.165, 1.54) is 0 Å². The van der Waals surface area contributed by atoms with Crippen LogP contribution in [0.1, 0.15) is 0 Å². The molecule has 0 saturated heterocycles. The number of aliphatic imine (C=N–C) groups is 1. The van der Waals surface area contributed by atoms with E-state index in [0.717, 1.165) is 0 Å². The van der Waals surface area contributed by atoms with Gasteiger partial charge in [0, 0.05) is 17.3 Å². The third-order valence-electron chi connectivity index (χ3n) is 1.64. The summed E-state index contributed by atoms with van der Waals surface area (Å²) in [7, 11) is 0. The lowest BCUT2D eigenvalue weighted by molar-refractivity contribution is -0.138. The fourth-order valence-corrected chi connectivity index (χ4v) is 1.31. The van der Waals surface area contributed by atoms with E-state index < -0.39 is 28.7 Å². The van der Waals surface area contributed by atoms with Crippen molar-refractivity contribution in [1.82, 2.24) is 0 Å². The van der Waals surface area contributed by atoms with Crippen LogP contribution >= 0.6 is 12.2 Å². The van der Waals surface area contributed by atoms with Crippen molar-refractivity contribution in [2.24, 2.45) is 10.9 Å². The van der Waals surface area contributed by atoms with E-state index in [1.807, 2.05) is 0 Å². The first-order chi connectivity index (χ1) is 6.64. The summed E-state index contributed by atoms with van der Waals surface area (Å²) in [5.41, 5.74) is -1.51. The molecule has 8 heteroatoms. The predicted molar refractivity (Wildman–Crippen MR) is 44.8 cm³/mol. The molecule has 1 rings (SSSR count). The Labute approximate surface area is 85.5 Å². The number of halogens is 6. The SMILES string of the molecule is FC(F)(F)C1=CN=CC(C(F)(F)F)C1=S. The van der Waals surface area contributed by atoms with Crippen molar-refractivity contribution in [3.63, 3.8) is 0 Å². The van der Waals surface area contributed by atoms with E-state index in [0.29, 0.717) is 12.4 Å². The number of hydrogen-bond acceptors (Lipinski definition) is 2. The van der Waals surface area contributed by atoms with E-state index >= 15 is 0 Å². The summed E-state index contributed by atoms with van der Waals surface area (Å²) >= 11 is 4.15. The molecule has 0 N–H and O–H groups in total. The average molecular weight is 247 g/mol. The largest absolute Gasteiger partial charge is 0.418 e. The van der Waals surface area contributed by atoms with Crippen molar-refractivity contribution < 1.29 is 26.3 Å². The van der Waals surface area contributed by atoms with Crippen LogP contribution in [0.3, 0.4) is 0 Å². The van der Waals surface area contributed by atoms with Crippen LogP contribution in [0.15, 0.2) is 16.8 Å². The zero-order valence-corrected chi connectivity index (χ0v) is 7.67. The molecular weight excluding hydrogens is 244 g/mol. The fourth-order valence-electron chi connectivity index (χ4n) is 0.949. The monoisotopic (exact) mass is 247 g/mol. The predicted octanol–water partition coefficient (Wildman–Crippen LogP) is 3.07. The summed E-state index contributed by atoms with van der Waals surface area (Å²) in [4.78, 5) is 1.72. The molecule has 0 aromatic rings. The molecule has 1 nitrogen and oxygen atoms in total. The van der Waals surface area contributed by atoms with Gasteiger partial charge in [0.15, 0.2) is 0 Å². The highest BCUT2D eigenvalue weighted by molar-refractivity contribution is 7.81. The second-order valence-electron chi connectivity index (χ2n) is 2.72. The van der Waals surface area contributed by atoms with Gasteiger partial charge in [-0.1, -0.05) is 12.2 Å². The molecule has 0 fully saturated rings. The van der Waals surface area contributed by atoms with Gasteiger partial charge >= 0.3 is 12.4 Å². The third-order valence-corrected chi connectivity index (χ3v) is 2.12. The van der Waals surface area contributed by atoms with Gasteiger partial charge in [0.25, 0.3) is 0 Å². The van der Waals surface area contributed by atoms with Gasteiger partial charge < -0.3 is 0 Å². The van der Waals surface area contributed by atoms with Crippen LogP contribution in [0.4, 0.5) is 26.3 Å². The molecule has 1 unspecified atom stereocenters. The average Bonchev–Trinajstić information content (AvgIpc) is 1.99. The topological polar surface area (TPSA) is 12.4 Å². The quantitative estimate of drug-likeness (QED) is 0.473. The summed E-state index contributed by atoms with van der Waals surface area (Å²) in [6.45, 7) is 0. The number of nitrogens with zero attached hydrogens (tertiary/aromatic N) is 1. The van der Waals surface area contributed by atoms with E-state index in [-0.39, 0.29) is 0 Å². The van der Waals surface area contributed by atoms with Crippen LogP contribution < -0.4 is 0 Å². The Kier molecular flexibility index (Phi) is 2.90. The molecule has 0 aliphatic carbocycles. The van der Waals surface area contributed by atoms with Crippen molar-refractivity contribution in [3.8, 4) is 0 Å². The normalized spacial score (nSPS) is 22.9. The van der Waals surface area contributed by atoms with E-state index in [4.69, 9.17) is 0 Å². The van der Waals surface area contributed by atoms with Gasteiger partial charge in [-0.2, -0.15) is 26.3 Å². The molecule has 15 heavy (non-hydrogen) atoms. The number of alkyl halides is 6. The molecular formula is C7H3F6NS. The summed E-state index contributed by atoms with van der Waals surface area (Å²) in [5, 5.41) is 0. The molecule has 1 aliphatic heterocycles. The Balaban J connectivity index is 3.05. The molecule has 0 radical (unpaired) electrons. The minimum atomic E-state index is -4.90. The maximum absolute atomic E-state index is 12.2. The molecule has 0 amide bonds. The Morgan fingerprint density at radius 3 is 2.07 bits per heavy atom. The zero-order chi connectivity index (χ0) is 11.9. The minimum absolute atomic E-state index is 0.296. The van der Waals surface area contributed by atoms with Crippen molar-refractivity contribution in [2.45, 2.75) is 12.4 Å². The van der Waals surface area contributed by atoms with Gasteiger partial charge in [0.05, 0.1) is 5.57 Å². The van der Waals surface area contributed by atoms with Crippen molar-refractivity contribution in [1.29, 1.82) is 0 Å². The van der Waals surface area contributed by atoms with Crippen LogP contribution in [0.2, 0.25) is 0 Å². The first-order valence-electron chi connectivity index (χ1n) is 3.55. The first kappa shape index (κ1) is 12.2. The van der Waals surface area contributed by atoms with Crippen molar-refractivity contribution >= 4 is 23.3 Å². The molecule has 0 saturated carbocycles. The highest BCUT2D eigenvalue weighted by atomic mass is 32.1. The van der Waals surface area contributed by atoms with Gasteiger partial charge in [0.2, 0.25) is 0 Å². The van der Waals surface area contributed by atoms with Crippen molar-refractivity contribution in [2.75, 3.05) is 0 Å². The van der Waals surface area contributed by atoms with Gasteiger partial charge in [-0.15, -0.1) is 0 Å². The Hall–Kier alpha value is -0.920. The highest BCUT2D eigenvalue weighted by Gasteiger charge is 2.48. The molecule has 0 bridgehead atoms. The summed E-state index contributed by atoms with van der Waals surface area (Å²) in [6, 6.07) is 0. The van der Waals surface area contributed by atoms with Crippen LogP contribution in [0, 0.1) is 5.92 Å². The molecule has 1 aliphatic rings. The van der Waals surface area contributed by atoms with E-state index in [1.54, 1.807) is 0 Å². The minimum Gasteiger partial charge on any atom is -0.267 e. The second kappa shape index (κ2) is 3.58.